The summed E-state index contributed by atoms with van der Waals surface area (Å²) < 4.78 is 55.4. The fourth-order valence-corrected chi connectivity index (χ4v) is 7.82. The van der Waals surface area contributed by atoms with Crippen LogP contribution in [0.2, 0.25) is 5.02 Å². The number of carbonyl (C=O) groups excluding carboxylic acids is 1. The number of fused-ring (bicyclic) bond motifs is 4. The molecule has 3 aliphatic heterocycles. The second-order valence-corrected chi connectivity index (χ2v) is 14.8. The minimum Gasteiger partial charge on any atom is -0.468 e. The summed E-state index contributed by atoms with van der Waals surface area (Å²) in [6.07, 6.45) is 3.31. The highest BCUT2D eigenvalue weighted by molar-refractivity contribution is 6.35. The summed E-state index contributed by atoms with van der Waals surface area (Å²) in [4.78, 5) is 28.8. The van der Waals surface area contributed by atoms with Gasteiger partial charge in [0, 0.05) is 48.1 Å². The maximum absolute atomic E-state index is 17.2. The summed E-state index contributed by atoms with van der Waals surface area (Å²) in [7, 11) is 3.54. The molecule has 3 atom stereocenters. The third-order valence-corrected chi connectivity index (χ3v) is 10.1. The molecule has 2 bridgehead atoms. The Kier molecular flexibility index (Phi) is 9.38. The van der Waals surface area contributed by atoms with Gasteiger partial charge in [-0.1, -0.05) is 23.7 Å². The van der Waals surface area contributed by atoms with E-state index in [4.69, 9.17) is 35.5 Å². The van der Waals surface area contributed by atoms with E-state index < -0.39 is 17.2 Å². The van der Waals surface area contributed by atoms with Crippen LogP contribution in [-0.2, 0) is 9.47 Å². The van der Waals surface area contributed by atoms with Crippen molar-refractivity contribution in [2.75, 3.05) is 52.1 Å². The van der Waals surface area contributed by atoms with Crippen molar-refractivity contribution < 1.29 is 32.5 Å². The van der Waals surface area contributed by atoms with Gasteiger partial charge in [-0.3, -0.25) is 4.90 Å². The zero-order valence-electron chi connectivity index (χ0n) is 29.0. The molecule has 13 heteroatoms. The molecular formula is C37H42ClF2N5O5. The zero-order valence-corrected chi connectivity index (χ0v) is 29.7. The monoisotopic (exact) mass is 709 g/mol. The topological polar surface area (TPSA) is 89.5 Å². The number of amides is 1. The first-order valence-corrected chi connectivity index (χ1v) is 17.4. The molecule has 4 aromatic rings. The number of likely N-dealkylation sites (N-methyl/N-ethyl adjacent to an activating group) is 1. The molecule has 0 spiro atoms. The van der Waals surface area contributed by atoms with Crippen LogP contribution >= 0.6 is 11.6 Å². The Morgan fingerprint density at radius 1 is 1.04 bits per heavy atom. The van der Waals surface area contributed by atoms with E-state index >= 15 is 8.78 Å². The van der Waals surface area contributed by atoms with Crippen molar-refractivity contribution in [3.05, 3.63) is 53.1 Å². The van der Waals surface area contributed by atoms with Crippen LogP contribution in [0.4, 0.5) is 19.4 Å². The van der Waals surface area contributed by atoms with Gasteiger partial charge in [-0.25, -0.2) is 13.6 Å². The minimum atomic E-state index is -0.734. The molecule has 1 aromatic heterocycles. The molecule has 3 aliphatic rings. The molecule has 7 rings (SSSR count). The second kappa shape index (κ2) is 13.6. The van der Waals surface area contributed by atoms with Crippen LogP contribution in [0.5, 0.6) is 11.8 Å². The Labute approximate surface area is 295 Å². The number of benzene rings is 3. The van der Waals surface area contributed by atoms with Crippen LogP contribution in [-0.4, -0.2) is 96.8 Å². The van der Waals surface area contributed by atoms with E-state index in [0.717, 1.165) is 32.2 Å². The molecule has 1 amide bonds. The predicted molar refractivity (Wildman–Crippen MR) is 188 cm³/mol. The van der Waals surface area contributed by atoms with E-state index in [9.17, 15) is 4.79 Å². The van der Waals surface area contributed by atoms with Gasteiger partial charge in [-0.05, 0) is 89.7 Å². The van der Waals surface area contributed by atoms with E-state index in [0.29, 0.717) is 42.0 Å². The van der Waals surface area contributed by atoms with E-state index in [1.165, 1.54) is 13.2 Å². The smallest absolute Gasteiger partial charge is 0.410 e. The summed E-state index contributed by atoms with van der Waals surface area (Å²) in [5.41, 5.74) is -0.418. The van der Waals surface area contributed by atoms with Crippen molar-refractivity contribution in [2.45, 2.75) is 70.2 Å². The van der Waals surface area contributed by atoms with Crippen molar-refractivity contribution >= 4 is 45.2 Å². The van der Waals surface area contributed by atoms with Crippen LogP contribution in [0.25, 0.3) is 32.8 Å². The molecule has 4 heterocycles. The number of hydrogen-bond acceptors (Lipinski definition) is 9. The molecule has 3 fully saturated rings. The van der Waals surface area contributed by atoms with Gasteiger partial charge in [-0.2, -0.15) is 9.97 Å². The summed E-state index contributed by atoms with van der Waals surface area (Å²) in [6, 6.07) is 9.49. The second-order valence-electron chi connectivity index (χ2n) is 14.4. The van der Waals surface area contributed by atoms with Crippen molar-refractivity contribution in [1.29, 1.82) is 0 Å². The fourth-order valence-electron chi connectivity index (χ4n) is 7.52. The number of rotatable bonds is 8. The van der Waals surface area contributed by atoms with Gasteiger partial charge >= 0.3 is 12.1 Å². The molecule has 10 nitrogen and oxygen atoms in total. The van der Waals surface area contributed by atoms with Gasteiger partial charge in [0.1, 0.15) is 35.1 Å². The number of halogens is 3. The van der Waals surface area contributed by atoms with E-state index in [1.807, 2.05) is 25.7 Å². The van der Waals surface area contributed by atoms with Gasteiger partial charge in [0.25, 0.3) is 0 Å². The predicted octanol–water partition coefficient (Wildman–Crippen LogP) is 7.43. The lowest BCUT2D eigenvalue weighted by molar-refractivity contribution is 0.0122. The normalized spacial score (nSPS) is 21.0. The van der Waals surface area contributed by atoms with Crippen molar-refractivity contribution in [2.24, 2.45) is 0 Å². The molecule has 3 aromatic carbocycles. The Hall–Kier alpha value is -4.00. The van der Waals surface area contributed by atoms with Gasteiger partial charge in [0.2, 0.25) is 0 Å². The lowest BCUT2D eigenvalue weighted by Gasteiger charge is -2.42. The molecule has 3 saturated heterocycles. The Bertz CT molecular complexity index is 1930. The number of likely N-dealkylation sites (tertiary alicyclic amines) is 1. The van der Waals surface area contributed by atoms with Crippen LogP contribution in [0.15, 0.2) is 36.4 Å². The molecule has 0 N–H and O–H groups in total. The SMILES string of the molecule is COCOc1cc(-c2c(Cl)cc3c(N4C[C@@H]5CC[C@@H](C4)N5C(=O)OC(C)(C)C)nc(OC[C@@H]4CCCN4C)nc3c2F)c2c(F)cccc2c1. The molecule has 0 aliphatic carbocycles. The first-order chi connectivity index (χ1) is 23.9. The Morgan fingerprint density at radius 3 is 2.48 bits per heavy atom. The summed E-state index contributed by atoms with van der Waals surface area (Å²) in [5.74, 6) is -0.437. The first-order valence-electron chi connectivity index (χ1n) is 17.0. The number of methoxy groups -OCH3 is 1. The number of aromatic nitrogens is 2. The maximum atomic E-state index is 17.2. The third kappa shape index (κ3) is 6.60. The van der Waals surface area contributed by atoms with Gasteiger partial charge in [-0.15, -0.1) is 0 Å². The Morgan fingerprint density at radius 2 is 1.80 bits per heavy atom. The lowest BCUT2D eigenvalue weighted by atomic mass is 9.95. The number of hydrogen-bond donors (Lipinski definition) is 0. The van der Waals surface area contributed by atoms with Gasteiger partial charge in [0.05, 0.1) is 17.1 Å². The van der Waals surface area contributed by atoms with Crippen LogP contribution < -0.4 is 14.4 Å². The maximum Gasteiger partial charge on any atom is 0.410 e. The lowest BCUT2D eigenvalue weighted by Crippen LogP contribution is -2.57. The van der Waals surface area contributed by atoms with Crippen LogP contribution in [0.3, 0.4) is 0 Å². The summed E-state index contributed by atoms with van der Waals surface area (Å²) in [5, 5.41) is 1.16. The van der Waals surface area contributed by atoms with Crippen LogP contribution in [0, 0.1) is 11.6 Å². The highest BCUT2D eigenvalue weighted by Gasteiger charge is 2.45. The highest BCUT2D eigenvalue weighted by Crippen LogP contribution is 2.44. The third-order valence-electron chi connectivity index (χ3n) is 9.82. The van der Waals surface area contributed by atoms with Gasteiger partial charge < -0.3 is 28.7 Å². The largest absolute Gasteiger partial charge is 0.468 e. The quantitative estimate of drug-likeness (QED) is 0.173. The molecule has 50 heavy (non-hydrogen) atoms. The molecule has 0 saturated carbocycles. The van der Waals surface area contributed by atoms with E-state index in [-0.39, 0.29) is 64.1 Å². The average molecular weight is 710 g/mol. The molecule has 0 unspecified atom stereocenters. The highest BCUT2D eigenvalue weighted by atomic mass is 35.5. The first kappa shape index (κ1) is 34.4. The van der Waals surface area contributed by atoms with Crippen LogP contribution in [0.1, 0.15) is 46.5 Å². The number of piperazine rings is 1. The van der Waals surface area contributed by atoms with Crippen molar-refractivity contribution in [3.8, 4) is 22.9 Å². The minimum absolute atomic E-state index is 0.00111. The molecule has 0 radical (unpaired) electrons. The standard InChI is InChI=1S/C37H42ClF2N5O5/c1-37(2,3)50-36(46)45-22-11-12-23(45)18-44(17-22)34-27-16-28(38)31(26-15-25(49-20-47-5)14-21-8-6-10-29(39)30(21)26)32(40)33(27)41-35(42-34)48-19-24-9-7-13-43(24)4/h6,8,10,14-16,22-24H,7,9,11-13,17-20H2,1-5H3/t22-,23-,24-/m0/s1. The average Bonchev–Trinajstić information content (AvgIpc) is 3.60. The number of carbonyl (C=O) groups is 1. The van der Waals surface area contributed by atoms with Crippen molar-refractivity contribution in [3.63, 3.8) is 0 Å². The fraction of sp³-hybridized carbons (Fsp3) is 0.486. The summed E-state index contributed by atoms with van der Waals surface area (Å²) >= 11 is 6.95. The summed E-state index contributed by atoms with van der Waals surface area (Å²) in [6.45, 7) is 7.75. The zero-order chi connectivity index (χ0) is 35.3. The Balaban J connectivity index is 1.34. The van der Waals surface area contributed by atoms with Gasteiger partial charge in [0.15, 0.2) is 12.6 Å². The van der Waals surface area contributed by atoms with Crippen molar-refractivity contribution in [1.82, 2.24) is 19.8 Å². The number of nitrogens with zero attached hydrogens (tertiary/aromatic N) is 5. The molecular weight excluding hydrogens is 668 g/mol. The van der Waals surface area contributed by atoms with E-state index in [1.54, 1.807) is 30.3 Å². The molecule has 266 valence electrons. The van der Waals surface area contributed by atoms with E-state index in [2.05, 4.69) is 21.8 Å². The number of ether oxygens (including phenoxy) is 4. The number of anilines is 1.